The van der Waals surface area contributed by atoms with Crippen LogP contribution in [-0.4, -0.2) is 23.2 Å². The number of benzene rings is 1. The second kappa shape index (κ2) is 5.60. The molecule has 0 radical (unpaired) electrons. The molecule has 0 saturated carbocycles. The van der Waals surface area contributed by atoms with Crippen molar-refractivity contribution in [3.8, 4) is 0 Å². The number of aryl methyl sites for hydroxylation is 2. The highest BCUT2D eigenvalue weighted by atomic mass is 32.2. The van der Waals surface area contributed by atoms with Crippen LogP contribution >= 0.6 is 0 Å². The molecule has 1 aromatic carbocycles. The van der Waals surface area contributed by atoms with E-state index in [0.717, 1.165) is 5.69 Å². The first-order valence-corrected chi connectivity index (χ1v) is 8.23. The van der Waals surface area contributed by atoms with Gasteiger partial charge in [0.2, 0.25) is 10.0 Å². The van der Waals surface area contributed by atoms with Crippen molar-refractivity contribution in [1.29, 1.82) is 0 Å². The molecule has 3 aromatic rings. The van der Waals surface area contributed by atoms with Crippen LogP contribution in [0.4, 0.5) is 0 Å². The number of nitrogens with zero attached hydrogens (tertiary/aromatic N) is 3. The number of hydrogen-bond acceptors (Lipinski definition) is 6. The molecule has 8 nitrogen and oxygen atoms in total. The Morgan fingerprint density at radius 2 is 2.00 bits per heavy atom. The second-order valence-corrected chi connectivity index (χ2v) is 6.81. The number of oxazole rings is 1. The molecule has 0 spiro atoms. The summed E-state index contributed by atoms with van der Waals surface area (Å²) in [6, 6.07) is 7.71. The lowest BCUT2D eigenvalue weighted by Gasteiger charge is -2.06. The lowest BCUT2D eigenvalue weighted by Crippen LogP contribution is -2.23. The maximum atomic E-state index is 12.3. The van der Waals surface area contributed by atoms with Crippen LogP contribution in [0.15, 0.2) is 44.4 Å². The minimum absolute atomic E-state index is 0.0134. The van der Waals surface area contributed by atoms with Crippen molar-refractivity contribution < 1.29 is 12.8 Å². The fourth-order valence-electron chi connectivity index (χ4n) is 2.05. The molecular weight excluding hydrogens is 320 g/mol. The molecule has 120 valence electrons. The Morgan fingerprint density at radius 1 is 1.22 bits per heavy atom. The number of fused-ring (bicyclic) bond motifs is 1. The van der Waals surface area contributed by atoms with Gasteiger partial charge in [-0.2, -0.15) is 10.2 Å². The third-order valence-corrected chi connectivity index (χ3v) is 4.77. The van der Waals surface area contributed by atoms with Crippen LogP contribution in [0.3, 0.4) is 0 Å². The van der Waals surface area contributed by atoms with Crippen molar-refractivity contribution in [3.63, 3.8) is 0 Å². The quantitative estimate of drug-likeness (QED) is 0.753. The zero-order chi connectivity index (χ0) is 16.6. The summed E-state index contributed by atoms with van der Waals surface area (Å²) in [4.78, 5) is 11.5. The highest BCUT2D eigenvalue weighted by molar-refractivity contribution is 7.89. The normalized spacial score (nSPS) is 11.9. The summed E-state index contributed by atoms with van der Waals surface area (Å²) in [7, 11) is -2.20. The first-order chi connectivity index (χ1) is 10.9. The summed E-state index contributed by atoms with van der Waals surface area (Å²) in [6.45, 7) is 1.82. The van der Waals surface area contributed by atoms with E-state index in [-0.39, 0.29) is 17.0 Å². The molecule has 0 unspecified atom stereocenters. The van der Waals surface area contributed by atoms with Crippen molar-refractivity contribution in [1.82, 2.24) is 19.5 Å². The van der Waals surface area contributed by atoms with Crippen molar-refractivity contribution in [3.05, 3.63) is 52.3 Å². The van der Waals surface area contributed by atoms with E-state index < -0.39 is 15.8 Å². The van der Waals surface area contributed by atoms with E-state index >= 15 is 0 Å². The van der Waals surface area contributed by atoms with Gasteiger partial charge in [-0.15, -0.1) is 0 Å². The van der Waals surface area contributed by atoms with Crippen molar-refractivity contribution in [2.24, 2.45) is 7.05 Å². The van der Waals surface area contributed by atoms with E-state index in [1.54, 1.807) is 26.1 Å². The second-order valence-electron chi connectivity index (χ2n) is 5.05. The molecule has 3 rings (SSSR count). The van der Waals surface area contributed by atoms with Gasteiger partial charge < -0.3 is 4.42 Å². The first kappa shape index (κ1) is 15.4. The van der Waals surface area contributed by atoms with E-state index in [1.165, 1.54) is 22.8 Å². The van der Waals surface area contributed by atoms with Gasteiger partial charge in [0, 0.05) is 13.1 Å². The van der Waals surface area contributed by atoms with Crippen LogP contribution in [0.1, 0.15) is 11.4 Å². The molecule has 0 aliphatic heterocycles. The standard InChI is InChI=1S/C14H14N4O4S/c1-9-3-4-10(17-16-9)8-15-23(20,21)11-5-6-12-13(7-11)22-14(19)18(12)2/h3-7,15H,8H2,1-2H3. The monoisotopic (exact) mass is 334 g/mol. The van der Waals surface area contributed by atoms with Gasteiger partial charge in [-0.05, 0) is 31.2 Å². The lowest BCUT2D eigenvalue weighted by molar-refractivity contribution is 0.527. The molecule has 23 heavy (non-hydrogen) atoms. The predicted octanol–water partition coefficient (Wildman–Crippen LogP) is 0.708. The minimum atomic E-state index is -3.75. The van der Waals surface area contributed by atoms with Gasteiger partial charge in [0.15, 0.2) is 5.58 Å². The molecule has 2 heterocycles. The van der Waals surface area contributed by atoms with Gasteiger partial charge in [0.25, 0.3) is 0 Å². The Bertz CT molecular complexity index is 1020. The summed E-state index contributed by atoms with van der Waals surface area (Å²) in [5, 5.41) is 7.77. The van der Waals surface area contributed by atoms with Gasteiger partial charge in [-0.3, -0.25) is 4.57 Å². The number of aromatic nitrogens is 3. The highest BCUT2D eigenvalue weighted by Crippen LogP contribution is 2.18. The summed E-state index contributed by atoms with van der Waals surface area (Å²) in [5.74, 6) is -0.544. The highest BCUT2D eigenvalue weighted by Gasteiger charge is 2.17. The summed E-state index contributed by atoms with van der Waals surface area (Å²) < 4.78 is 33.4. The SMILES string of the molecule is Cc1ccc(CNS(=O)(=O)c2ccc3c(c2)oc(=O)n3C)nn1. The smallest absolute Gasteiger partial charge is 0.408 e. The number of hydrogen-bond donors (Lipinski definition) is 1. The summed E-state index contributed by atoms with van der Waals surface area (Å²) in [6.07, 6.45) is 0. The average Bonchev–Trinajstić information content (AvgIpc) is 2.81. The van der Waals surface area contributed by atoms with E-state index in [2.05, 4.69) is 14.9 Å². The number of sulfonamides is 1. The van der Waals surface area contributed by atoms with Crippen molar-refractivity contribution in [2.75, 3.05) is 0 Å². The average molecular weight is 334 g/mol. The molecule has 9 heteroatoms. The number of rotatable bonds is 4. The Kier molecular flexibility index (Phi) is 3.74. The number of nitrogens with one attached hydrogen (secondary N) is 1. The first-order valence-electron chi connectivity index (χ1n) is 6.75. The zero-order valence-electron chi connectivity index (χ0n) is 12.5. The molecule has 2 aromatic heterocycles. The van der Waals surface area contributed by atoms with Crippen LogP contribution < -0.4 is 10.5 Å². The molecule has 0 aliphatic rings. The largest absolute Gasteiger partial charge is 0.419 e. The molecule has 0 amide bonds. The maximum Gasteiger partial charge on any atom is 0.419 e. The Balaban J connectivity index is 1.87. The molecule has 0 bridgehead atoms. The van der Waals surface area contributed by atoms with Gasteiger partial charge in [0.05, 0.1) is 28.3 Å². The predicted molar refractivity (Wildman–Crippen MR) is 82.2 cm³/mol. The van der Waals surface area contributed by atoms with Crippen LogP contribution in [0.2, 0.25) is 0 Å². The fraction of sp³-hybridized carbons (Fsp3) is 0.214. The summed E-state index contributed by atoms with van der Waals surface area (Å²) in [5.41, 5.74) is 2.00. The van der Waals surface area contributed by atoms with Crippen molar-refractivity contribution in [2.45, 2.75) is 18.4 Å². The van der Waals surface area contributed by atoms with Gasteiger partial charge in [-0.25, -0.2) is 17.9 Å². The van der Waals surface area contributed by atoms with Crippen molar-refractivity contribution >= 4 is 21.1 Å². The van der Waals surface area contributed by atoms with Crippen LogP contribution in [-0.2, 0) is 23.6 Å². The fourth-order valence-corrected chi connectivity index (χ4v) is 3.07. The molecule has 0 saturated heterocycles. The third kappa shape index (κ3) is 3.01. The molecule has 0 fully saturated rings. The summed E-state index contributed by atoms with van der Waals surface area (Å²) >= 11 is 0. The van der Waals surface area contributed by atoms with Crippen LogP contribution in [0, 0.1) is 6.92 Å². The maximum absolute atomic E-state index is 12.3. The van der Waals surface area contributed by atoms with E-state index in [1.807, 2.05) is 0 Å². The lowest BCUT2D eigenvalue weighted by atomic mass is 10.3. The zero-order valence-corrected chi connectivity index (χ0v) is 13.3. The van der Waals surface area contributed by atoms with E-state index in [0.29, 0.717) is 11.2 Å². The van der Waals surface area contributed by atoms with Crippen LogP contribution in [0.5, 0.6) is 0 Å². The van der Waals surface area contributed by atoms with Crippen LogP contribution in [0.25, 0.3) is 11.1 Å². The molecule has 1 N–H and O–H groups in total. The molecule has 0 atom stereocenters. The molecule has 0 aliphatic carbocycles. The van der Waals surface area contributed by atoms with Gasteiger partial charge in [0.1, 0.15) is 0 Å². The van der Waals surface area contributed by atoms with E-state index in [4.69, 9.17) is 4.42 Å². The topological polar surface area (TPSA) is 107 Å². The Hall–Kier alpha value is -2.52. The van der Waals surface area contributed by atoms with Gasteiger partial charge in [-0.1, -0.05) is 0 Å². The Labute approximate surface area is 131 Å². The van der Waals surface area contributed by atoms with Gasteiger partial charge >= 0.3 is 5.76 Å². The minimum Gasteiger partial charge on any atom is -0.408 e. The van der Waals surface area contributed by atoms with E-state index in [9.17, 15) is 13.2 Å². The Morgan fingerprint density at radius 3 is 2.70 bits per heavy atom. The molecular formula is C14H14N4O4S. The third-order valence-electron chi connectivity index (χ3n) is 3.37.